The van der Waals surface area contributed by atoms with Crippen molar-refractivity contribution in [1.82, 2.24) is 10.2 Å². The molecule has 388 valence electrons. The predicted octanol–water partition coefficient (Wildman–Crippen LogP) is 2.03. The van der Waals surface area contributed by atoms with E-state index in [2.05, 4.69) is 65.0 Å². The fraction of sp³-hybridized carbons (Fsp3) is 0.547. The third-order valence-corrected chi connectivity index (χ3v) is 14.4. The molecule has 16 nitrogen and oxygen atoms in total. The minimum atomic E-state index is -4.58. The molecule has 0 bridgehead atoms. The smallest absolute Gasteiger partial charge is 0.744 e. The molecule has 0 aliphatic carbocycles. The summed E-state index contributed by atoms with van der Waals surface area (Å²) in [6, 6.07) is 13.3. The maximum Gasteiger partial charge on any atom is 1.00 e. The summed E-state index contributed by atoms with van der Waals surface area (Å²) >= 11 is 0.860. The number of unbranched alkanes of at least 4 members (excludes halogenated alkanes) is 5. The normalized spacial score (nSPS) is 16.6. The molecule has 2 aromatic carbocycles. The van der Waals surface area contributed by atoms with Crippen LogP contribution < -0.4 is 118 Å². The fourth-order valence-corrected chi connectivity index (χ4v) is 10.1. The van der Waals surface area contributed by atoms with Crippen LogP contribution in [0.25, 0.3) is 0 Å². The van der Waals surface area contributed by atoms with Gasteiger partial charge >= 0.3 is 109 Å². The standard InChI is InChI=1S/C53H74N6O10S2.2K/c1-6-58-46-28-26-43(71(63,64)65)40-45(46)53(4,5)48(58)21-13-8-7-9-14-22-49-52(2,3)44-39-42(70-69-68-62)25-27-47(44)59(49)33-17-12-15-23-50(60)56-31-19-24-51(61)67-36-18-11-10-16-29-54-41-55-30-20-32-57-34-37-66-38-35-57;;/h7-9,13-14,21-22,25-28,39-40H,6,10-12,15-20,23-24,29-38H2,1-5H3,(H2-,56,60,62,63,64,65);;/q;2*+1/p-1. The second-order valence-corrected chi connectivity index (χ2v) is 21.0. The number of benzene rings is 2. The predicted molar refractivity (Wildman–Crippen MR) is 275 cm³/mol. The molecule has 5 rings (SSSR count). The summed E-state index contributed by atoms with van der Waals surface area (Å²) in [5, 5.41) is 17.1. The summed E-state index contributed by atoms with van der Waals surface area (Å²) in [6.45, 7) is 18.7. The Morgan fingerprint density at radius 2 is 1.58 bits per heavy atom. The minimum absolute atomic E-state index is 0. The van der Waals surface area contributed by atoms with Crippen LogP contribution in [0.1, 0.15) is 116 Å². The number of nitrogens with zero attached hydrogens (tertiary/aromatic N) is 5. The first-order valence-corrected chi connectivity index (χ1v) is 27.2. The molecule has 0 atom stereocenters. The number of esters is 1. The number of carbonyl (C=O) groups is 2. The zero-order valence-corrected chi connectivity index (χ0v) is 52.1. The van der Waals surface area contributed by atoms with E-state index in [-0.39, 0.29) is 131 Å². The van der Waals surface area contributed by atoms with E-state index in [0.717, 1.165) is 148 Å². The number of nitrogens with one attached hydrogen (secondary N) is 1. The van der Waals surface area contributed by atoms with Crippen molar-refractivity contribution in [2.24, 2.45) is 9.98 Å². The van der Waals surface area contributed by atoms with Crippen molar-refractivity contribution in [3.63, 3.8) is 0 Å². The van der Waals surface area contributed by atoms with E-state index >= 15 is 0 Å². The number of anilines is 1. The van der Waals surface area contributed by atoms with Gasteiger partial charge in [0.2, 0.25) is 11.6 Å². The van der Waals surface area contributed by atoms with E-state index in [0.29, 0.717) is 39.1 Å². The van der Waals surface area contributed by atoms with Crippen LogP contribution in [0.15, 0.2) is 104 Å². The molecule has 1 N–H and O–H groups in total. The number of carbonyl (C=O) groups excluding carboxylic acids is 2. The molecule has 0 unspecified atom stereocenters. The van der Waals surface area contributed by atoms with Gasteiger partial charge < -0.3 is 29.5 Å². The number of aliphatic imine (C=N–C) groups is 2. The van der Waals surface area contributed by atoms with Gasteiger partial charge in [-0.05, 0) is 108 Å². The van der Waals surface area contributed by atoms with Gasteiger partial charge in [-0.15, -0.1) is 0 Å². The molecule has 0 aromatic heterocycles. The monoisotopic (exact) mass is 1100 g/mol. The quantitative estimate of drug-likeness (QED) is 0.0114. The average Bonchev–Trinajstić information content (AvgIpc) is 3.70. The number of amides is 1. The first-order valence-electron chi connectivity index (χ1n) is 25.0. The summed E-state index contributed by atoms with van der Waals surface area (Å²) < 4.78 is 53.0. The van der Waals surface area contributed by atoms with Gasteiger partial charge in [0, 0.05) is 97.9 Å². The number of likely N-dealkylation sites (N-methyl/N-ethyl adjacent to an activating group) is 1. The van der Waals surface area contributed by atoms with Crippen LogP contribution in [0.5, 0.6) is 0 Å². The summed E-state index contributed by atoms with van der Waals surface area (Å²) in [7, 11) is -4.58. The second-order valence-electron chi connectivity index (χ2n) is 18.8. The fourth-order valence-electron chi connectivity index (χ4n) is 9.17. The van der Waals surface area contributed by atoms with Crippen molar-refractivity contribution in [2.75, 3.05) is 77.1 Å². The van der Waals surface area contributed by atoms with Crippen LogP contribution in [0, 0.1) is 0 Å². The number of fused-ring (bicyclic) bond motifs is 2. The molecule has 0 saturated carbocycles. The summed E-state index contributed by atoms with van der Waals surface area (Å²) in [6.07, 6.45) is 22.3. The first-order chi connectivity index (χ1) is 34.2. The Morgan fingerprint density at radius 3 is 2.32 bits per heavy atom. The van der Waals surface area contributed by atoms with Gasteiger partial charge in [-0.2, -0.15) is 8.91 Å². The minimum Gasteiger partial charge on any atom is -0.744 e. The van der Waals surface area contributed by atoms with Gasteiger partial charge in [-0.3, -0.25) is 19.5 Å². The topological polar surface area (TPSA) is 198 Å². The Morgan fingerprint density at radius 1 is 0.863 bits per heavy atom. The zero-order valence-electron chi connectivity index (χ0n) is 44.2. The summed E-state index contributed by atoms with van der Waals surface area (Å²) in [4.78, 5) is 38.4. The number of rotatable bonds is 30. The Kier molecular flexibility index (Phi) is 31.0. The largest absolute Gasteiger partial charge is 1.00 e. The zero-order chi connectivity index (χ0) is 51.1. The Labute approximate surface area is 523 Å². The maximum atomic E-state index is 12.6. The molecule has 1 amide bonds. The molecular weight excluding hydrogens is 1020 g/mol. The molecule has 2 aromatic rings. The van der Waals surface area contributed by atoms with Crippen LogP contribution in [-0.4, -0.2) is 118 Å². The Bertz CT molecular complexity index is 2430. The van der Waals surface area contributed by atoms with E-state index in [1.165, 1.54) is 12.1 Å². The van der Waals surface area contributed by atoms with Gasteiger partial charge in [0.1, 0.15) is 16.7 Å². The molecular formula is C53H73K2N6O10S2+. The van der Waals surface area contributed by atoms with Crippen LogP contribution in [0.2, 0.25) is 0 Å². The van der Waals surface area contributed by atoms with E-state index in [1.807, 2.05) is 75.4 Å². The third-order valence-electron chi connectivity index (χ3n) is 13.0. The molecule has 0 radical (unpaired) electrons. The number of morpholine rings is 1. The van der Waals surface area contributed by atoms with Crippen molar-refractivity contribution >= 4 is 57.1 Å². The van der Waals surface area contributed by atoms with Crippen molar-refractivity contribution in [3.8, 4) is 0 Å². The van der Waals surface area contributed by atoms with E-state index in [9.17, 15) is 27.8 Å². The van der Waals surface area contributed by atoms with Crippen molar-refractivity contribution in [3.05, 3.63) is 95.8 Å². The Hall–Kier alpha value is -1.48. The van der Waals surface area contributed by atoms with Crippen LogP contribution in [0.4, 0.5) is 11.4 Å². The molecule has 3 aliphatic rings. The molecule has 3 heterocycles. The van der Waals surface area contributed by atoms with Gasteiger partial charge in [0.25, 0.3) is 0 Å². The molecule has 73 heavy (non-hydrogen) atoms. The summed E-state index contributed by atoms with van der Waals surface area (Å²) in [5.41, 5.74) is 5.03. The van der Waals surface area contributed by atoms with E-state index in [4.69, 9.17) is 9.47 Å². The summed E-state index contributed by atoms with van der Waals surface area (Å²) in [5.74, 6) is -0.270. The van der Waals surface area contributed by atoms with Crippen molar-refractivity contribution in [1.29, 1.82) is 0 Å². The molecule has 20 heteroatoms. The van der Waals surface area contributed by atoms with E-state index in [1.54, 1.807) is 6.07 Å². The molecule has 1 fully saturated rings. The molecule has 1 saturated heterocycles. The Balaban J connectivity index is 0.00000703. The van der Waals surface area contributed by atoms with Gasteiger partial charge in [-0.25, -0.2) is 18.4 Å². The SMILES string of the molecule is CCN1\C(=C/C=C/C=C/C=C/C2=[N+](CCCCCC(=O)NCCCC(=O)OCCCCCCN=C=NCCCN3CCOCC3)c3ccc(SOO[O-])cc3C2(C)C)C(C)(C)c2cc(S(=O)(=O)[O-])ccc21.[K+].[K+]. The van der Waals surface area contributed by atoms with Gasteiger partial charge in [-0.1, -0.05) is 50.6 Å². The third kappa shape index (κ3) is 21.0. The van der Waals surface area contributed by atoms with Crippen LogP contribution in [0.3, 0.4) is 0 Å². The van der Waals surface area contributed by atoms with Gasteiger partial charge in [0.05, 0.1) is 54.7 Å². The number of hydrogen-bond donors (Lipinski definition) is 1. The first kappa shape index (κ1) is 65.8. The number of hydrogen-bond acceptors (Lipinski definition) is 15. The average molecular weight is 1100 g/mol. The van der Waals surface area contributed by atoms with Crippen LogP contribution >= 0.6 is 12.0 Å². The number of allylic oxidation sites excluding steroid dienone is 8. The maximum absolute atomic E-state index is 12.6. The van der Waals surface area contributed by atoms with Crippen LogP contribution in [-0.2, 0) is 49.4 Å². The molecule has 0 spiro atoms. The number of ether oxygens (including phenoxy) is 2. The second kappa shape index (κ2) is 34.4. The van der Waals surface area contributed by atoms with Crippen molar-refractivity contribution < 1.29 is 154 Å². The van der Waals surface area contributed by atoms with Crippen molar-refractivity contribution in [2.45, 2.75) is 126 Å². The molecule has 3 aliphatic heterocycles. The van der Waals surface area contributed by atoms with E-state index < -0.39 is 15.5 Å². The van der Waals surface area contributed by atoms with Gasteiger partial charge in [0.15, 0.2) is 5.71 Å².